The van der Waals surface area contributed by atoms with E-state index in [1.807, 2.05) is 0 Å². The number of rotatable bonds is 0. The maximum atomic E-state index is 2.43. The number of halogens is 1. The molecule has 3 rings (SSSR count). The van der Waals surface area contributed by atoms with Gasteiger partial charge in [-0.15, -0.1) is 0 Å². The van der Waals surface area contributed by atoms with E-state index in [1.54, 1.807) is 5.57 Å². The van der Waals surface area contributed by atoms with Gasteiger partial charge in [-0.1, -0.05) is 24.3 Å². The summed E-state index contributed by atoms with van der Waals surface area (Å²) in [7, 11) is 4.67. The first-order valence-electron chi connectivity index (χ1n) is 5.74. The molecule has 1 atom stereocenters. The van der Waals surface area contributed by atoms with E-state index in [0.717, 1.165) is 10.4 Å². The summed E-state index contributed by atoms with van der Waals surface area (Å²) >= 11 is 0. The van der Waals surface area contributed by atoms with Crippen molar-refractivity contribution >= 4 is 6.08 Å². The molecule has 0 radical (unpaired) electrons. The van der Waals surface area contributed by atoms with Crippen LogP contribution in [0.2, 0.25) is 0 Å². The third-order valence-electron chi connectivity index (χ3n) is 3.71. The molecule has 0 spiro atoms. The van der Waals surface area contributed by atoms with Crippen molar-refractivity contribution in [1.29, 1.82) is 0 Å². The van der Waals surface area contributed by atoms with Gasteiger partial charge in [0.2, 0.25) is 0 Å². The molecule has 0 amide bonds. The van der Waals surface area contributed by atoms with E-state index in [9.17, 15) is 0 Å². The Morgan fingerprint density at radius 2 is 1.94 bits per heavy atom. The molecule has 0 aromatic heterocycles. The SMILES string of the molecule is C[N+]1(C)CC2=Cc3ccccc3C[C@@H]2C1.[Br-]. The van der Waals surface area contributed by atoms with Crippen molar-refractivity contribution in [2.75, 3.05) is 27.2 Å². The highest BCUT2D eigenvalue weighted by molar-refractivity contribution is 5.60. The number of likely N-dealkylation sites (N-methyl/N-ethyl adjacent to an activating group) is 1. The van der Waals surface area contributed by atoms with Gasteiger partial charge in [0.25, 0.3) is 0 Å². The zero-order valence-corrected chi connectivity index (χ0v) is 11.5. The second-order valence-corrected chi connectivity index (χ2v) is 5.60. The van der Waals surface area contributed by atoms with Gasteiger partial charge >= 0.3 is 0 Å². The second-order valence-electron chi connectivity index (χ2n) is 5.60. The highest BCUT2D eigenvalue weighted by atomic mass is 79.9. The Hall–Kier alpha value is -0.600. The summed E-state index contributed by atoms with van der Waals surface area (Å²) in [5.41, 5.74) is 4.65. The zero-order valence-electron chi connectivity index (χ0n) is 9.91. The van der Waals surface area contributed by atoms with Crippen LogP contribution in [0.3, 0.4) is 0 Å². The predicted octanol–water partition coefficient (Wildman–Crippen LogP) is -0.664. The Labute approximate surface area is 108 Å². The van der Waals surface area contributed by atoms with Crippen LogP contribution in [-0.4, -0.2) is 31.7 Å². The molecule has 1 saturated heterocycles. The molecule has 2 heteroatoms. The van der Waals surface area contributed by atoms with Gasteiger partial charge in [0.1, 0.15) is 6.54 Å². The van der Waals surface area contributed by atoms with Crippen molar-refractivity contribution in [1.82, 2.24) is 0 Å². The van der Waals surface area contributed by atoms with Crippen LogP contribution in [0, 0.1) is 5.92 Å². The summed E-state index contributed by atoms with van der Waals surface area (Å²) in [5, 5.41) is 0. The molecule has 0 saturated carbocycles. The average Bonchev–Trinajstić information content (AvgIpc) is 2.46. The lowest BCUT2D eigenvalue weighted by Crippen LogP contribution is -3.00. The third-order valence-corrected chi connectivity index (χ3v) is 3.71. The minimum atomic E-state index is 0. The molecule has 0 unspecified atom stereocenters. The summed E-state index contributed by atoms with van der Waals surface area (Å²) in [4.78, 5) is 0. The van der Waals surface area contributed by atoms with Gasteiger partial charge in [-0.2, -0.15) is 0 Å². The summed E-state index contributed by atoms with van der Waals surface area (Å²) in [6.45, 7) is 2.54. The molecular weight excluding hydrogens is 262 g/mol. The third kappa shape index (κ3) is 1.96. The maximum absolute atomic E-state index is 2.43. The Balaban J connectivity index is 0.000000963. The van der Waals surface area contributed by atoms with Crippen LogP contribution in [0.5, 0.6) is 0 Å². The number of hydrogen-bond acceptors (Lipinski definition) is 0. The molecule has 1 aromatic rings. The number of benzene rings is 1. The zero-order chi connectivity index (χ0) is 10.5. The second kappa shape index (κ2) is 4.01. The van der Waals surface area contributed by atoms with E-state index in [0.29, 0.717) is 0 Å². The Morgan fingerprint density at radius 1 is 1.19 bits per heavy atom. The normalized spacial score (nSPS) is 25.1. The lowest BCUT2D eigenvalue weighted by molar-refractivity contribution is -0.877. The Kier molecular flexibility index (Phi) is 2.97. The minimum absolute atomic E-state index is 0. The van der Waals surface area contributed by atoms with Crippen LogP contribution in [-0.2, 0) is 6.42 Å². The van der Waals surface area contributed by atoms with Crippen molar-refractivity contribution in [2.45, 2.75) is 6.42 Å². The van der Waals surface area contributed by atoms with Gasteiger partial charge in [-0.3, -0.25) is 0 Å². The summed E-state index contributed by atoms with van der Waals surface area (Å²) in [5.74, 6) is 0.801. The summed E-state index contributed by atoms with van der Waals surface area (Å²) in [6, 6.07) is 8.83. The number of quaternary nitrogens is 1. The van der Waals surface area contributed by atoms with Crippen molar-refractivity contribution in [2.24, 2.45) is 5.92 Å². The van der Waals surface area contributed by atoms with Crippen LogP contribution in [0.15, 0.2) is 29.8 Å². The van der Waals surface area contributed by atoms with Crippen LogP contribution in [0.1, 0.15) is 11.1 Å². The van der Waals surface area contributed by atoms with Gasteiger partial charge < -0.3 is 21.5 Å². The molecule has 1 fully saturated rings. The van der Waals surface area contributed by atoms with Crippen LogP contribution >= 0.6 is 0 Å². The van der Waals surface area contributed by atoms with Gasteiger partial charge in [-0.25, -0.2) is 0 Å². The van der Waals surface area contributed by atoms with Crippen molar-refractivity contribution in [3.8, 4) is 0 Å². The fourth-order valence-electron chi connectivity index (χ4n) is 3.09. The average molecular weight is 280 g/mol. The molecule has 86 valence electrons. The molecule has 2 aliphatic rings. The maximum Gasteiger partial charge on any atom is 0.101 e. The number of hydrogen-bond donors (Lipinski definition) is 0. The quantitative estimate of drug-likeness (QED) is 0.553. The number of likely N-dealkylation sites (tertiary alicyclic amines) is 1. The predicted molar refractivity (Wildman–Crippen MR) is 63.5 cm³/mol. The Bertz CT molecular complexity index is 434. The molecule has 1 aliphatic heterocycles. The van der Waals surface area contributed by atoms with Crippen molar-refractivity contribution in [3.05, 3.63) is 41.0 Å². The van der Waals surface area contributed by atoms with Crippen LogP contribution in [0.25, 0.3) is 6.08 Å². The molecule has 0 N–H and O–H groups in total. The minimum Gasteiger partial charge on any atom is -1.00 e. The van der Waals surface area contributed by atoms with E-state index in [1.165, 1.54) is 30.6 Å². The fourth-order valence-corrected chi connectivity index (χ4v) is 3.09. The van der Waals surface area contributed by atoms with Gasteiger partial charge in [-0.05, 0) is 29.2 Å². The molecule has 0 bridgehead atoms. The molecule has 1 nitrogen and oxygen atoms in total. The van der Waals surface area contributed by atoms with E-state index >= 15 is 0 Å². The number of fused-ring (bicyclic) bond motifs is 2. The molecule has 1 heterocycles. The van der Waals surface area contributed by atoms with E-state index in [2.05, 4.69) is 44.4 Å². The highest BCUT2D eigenvalue weighted by Crippen LogP contribution is 2.35. The Morgan fingerprint density at radius 3 is 2.75 bits per heavy atom. The lowest BCUT2D eigenvalue weighted by atomic mass is 9.85. The van der Waals surface area contributed by atoms with Crippen molar-refractivity contribution in [3.63, 3.8) is 0 Å². The first-order valence-corrected chi connectivity index (χ1v) is 5.74. The van der Waals surface area contributed by atoms with Gasteiger partial charge in [0.05, 0.1) is 20.6 Å². The molecule has 1 aliphatic carbocycles. The summed E-state index contributed by atoms with van der Waals surface area (Å²) < 4.78 is 1.16. The monoisotopic (exact) mass is 279 g/mol. The fraction of sp³-hybridized carbons (Fsp3) is 0.429. The molecular formula is C14H18BrN. The lowest BCUT2D eigenvalue weighted by Gasteiger charge is -2.22. The summed E-state index contributed by atoms with van der Waals surface area (Å²) in [6.07, 6.45) is 3.68. The standard InChI is InChI=1S/C14H18N.BrH/c1-15(2)9-13-7-11-5-3-4-6-12(11)8-14(13)10-15;/h3-7,14H,8-10H2,1-2H3;1H/q+1;/p-1/t14-;/m1./s1. The van der Waals surface area contributed by atoms with Crippen molar-refractivity contribution < 1.29 is 21.5 Å². The molecule has 1 aromatic carbocycles. The highest BCUT2D eigenvalue weighted by Gasteiger charge is 2.37. The first-order chi connectivity index (χ1) is 7.14. The van der Waals surface area contributed by atoms with E-state index in [-0.39, 0.29) is 17.0 Å². The van der Waals surface area contributed by atoms with Crippen LogP contribution in [0.4, 0.5) is 0 Å². The molecule has 16 heavy (non-hydrogen) atoms. The first kappa shape index (κ1) is 11.9. The largest absolute Gasteiger partial charge is 1.00 e. The smallest absolute Gasteiger partial charge is 0.101 e. The topological polar surface area (TPSA) is 0 Å². The van der Waals surface area contributed by atoms with E-state index < -0.39 is 0 Å². The number of nitrogens with zero attached hydrogens (tertiary/aromatic N) is 1. The van der Waals surface area contributed by atoms with E-state index in [4.69, 9.17) is 0 Å². The van der Waals surface area contributed by atoms with Gasteiger partial charge in [0.15, 0.2) is 0 Å². The van der Waals surface area contributed by atoms with Crippen LogP contribution < -0.4 is 17.0 Å². The van der Waals surface area contributed by atoms with Gasteiger partial charge in [0, 0.05) is 5.92 Å².